The molecule has 0 amide bonds. The molecule has 4 nitrogen and oxygen atoms in total. The third-order valence-corrected chi connectivity index (χ3v) is 2.23. The number of hydrogen-bond donors (Lipinski definition) is 1. The molecule has 0 fully saturated rings. The van der Waals surface area contributed by atoms with Gasteiger partial charge < -0.3 is 10.2 Å². The van der Waals surface area contributed by atoms with Gasteiger partial charge in [-0.3, -0.25) is 0 Å². The summed E-state index contributed by atoms with van der Waals surface area (Å²) in [6.45, 7) is 0. The van der Waals surface area contributed by atoms with Crippen molar-refractivity contribution < 1.29 is 4.42 Å². The lowest BCUT2D eigenvalue weighted by molar-refractivity contribution is 0.564. The van der Waals surface area contributed by atoms with Crippen LogP contribution in [0.15, 0.2) is 35.5 Å². The van der Waals surface area contributed by atoms with E-state index in [0.717, 1.165) is 11.1 Å². The molecule has 0 saturated carbocycles. The van der Waals surface area contributed by atoms with Gasteiger partial charge in [0.2, 0.25) is 0 Å². The molecule has 2 rings (SSSR count). The lowest BCUT2D eigenvalue weighted by Crippen LogP contribution is -2.11. The molecule has 1 atom stereocenters. The molecule has 0 aliphatic rings. The number of hydrogen-bond acceptors (Lipinski definition) is 4. The standard InChI is InChI=1S/C9H8ClN3O/c10-9-7(1-2-14-9)8(11)6-3-12-5-13-4-6/h1-5,8H,11H2. The molecule has 2 N–H and O–H groups in total. The van der Waals surface area contributed by atoms with Crippen LogP contribution in [0, 0.1) is 0 Å². The summed E-state index contributed by atoms with van der Waals surface area (Å²) < 4.78 is 4.95. The predicted octanol–water partition coefficient (Wildman–Crippen LogP) is 1.77. The van der Waals surface area contributed by atoms with Crippen molar-refractivity contribution in [2.75, 3.05) is 0 Å². The Balaban J connectivity index is 2.34. The smallest absolute Gasteiger partial charge is 0.198 e. The minimum Gasteiger partial charge on any atom is -0.453 e. The summed E-state index contributed by atoms with van der Waals surface area (Å²) in [4.78, 5) is 7.76. The Labute approximate surface area is 85.7 Å². The number of nitrogens with zero attached hydrogens (tertiary/aromatic N) is 2. The lowest BCUT2D eigenvalue weighted by Gasteiger charge is -2.08. The molecule has 0 aliphatic heterocycles. The normalized spacial score (nSPS) is 12.7. The van der Waals surface area contributed by atoms with Gasteiger partial charge >= 0.3 is 0 Å². The largest absolute Gasteiger partial charge is 0.453 e. The Morgan fingerprint density at radius 3 is 2.64 bits per heavy atom. The summed E-state index contributed by atoms with van der Waals surface area (Å²) in [6.07, 6.45) is 6.26. The predicted molar refractivity (Wildman–Crippen MR) is 51.8 cm³/mol. The first-order chi connectivity index (χ1) is 6.79. The molecule has 0 aromatic carbocycles. The molecule has 2 aromatic heterocycles. The van der Waals surface area contributed by atoms with E-state index in [-0.39, 0.29) is 6.04 Å². The third-order valence-electron chi connectivity index (χ3n) is 1.92. The molecule has 0 aliphatic carbocycles. The molecule has 0 radical (unpaired) electrons. The van der Waals surface area contributed by atoms with Crippen molar-refractivity contribution in [3.8, 4) is 0 Å². The van der Waals surface area contributed by atoms with Crippen LogP contribution in [-0.4, -0.2) is 9.97 Å². The second-order valence-electron chi connectivity index (χ2n) is 2.80. The van der Waals surface area contributed by atoms with Crippen LogP contribution in [0.5, 0.6) is 0 Å². The van der Waals surface area contributed by atoms with E-state index in [4.69, 9.17) is 21.8 Å². The molecule has 14 heavy (non-hydrogen) atoms. The minimum atomic E-state index is -0.345. The van der Waals surface area contributed by atoms with Crippen LogP contribution in [0.4, 0.5) is 0 Å². The lowest BCUT2D eigenvalue weighted by atomic mass is 10.1. The maximum Gasteiger partial charge on any atom is 0.198 e. The SMILES string of the molecule is NC(c1cncnc1)c1ccoc1Cl. The van der Waals surface area contributed by atoms with Crippen LogP contribution in [0.2, 0.25) is 5.22 Å². The van der Waals surface area contributed by atoms with Crippen LogP contribution in [0.1, 0.15) is 17.2 Å². The molecule has 0 saturated heterocycles. The first-order valence-electron chi connectivity index (χ1n) is 4.02. The summed E-state index contributed by atoms with van der Waals surface area (Å²) in [7, 11) is 0. The van der Waals surface area contributed by atoms with Gasteiger partial charge in [0.15, 0.2) is 5.22 Å². The summed E-state index contributed by atoms with van der Waals surface area (Å²) in [6, 6.07) is 1.39. The van der Waals surface area contributed by atoms with E-state index in [1.54, 1.807) is 18.5 Å². The van der Waals surface area contributed by atoms with Gasteiger partial charge in [0.05, 0.1) is 12.3 Å². The van der Waals surface area contributed by atoms with Crippen molar-refractivity contribution in [2.45, 2.75) is 6.04 Å². The summed E-state index contributed by atoms with van der Waals surface area (Å²) in [5.74, 6) is 0. The summed E-state index contributed by atoms with van der Waals surface area (Å²) >= 11 is 5.80. The molecule has 72 valence electrons. The Kier molecular flexibility index (Phi) is 2.47. The molecule has 5 heteroatoms. The molecule has 2 aromatic rings. The zero-order valence-corrected chi connectivity index (χ0v) is 7.98. The van der Waals surface area contributed by atoms with Gasteiger partial charge in [-0.25, -0.2) is 9.97 Å². The number of nitrogens with two attached hydrogens (primary N) is 1. The Hall–Kier alpha value is -1.39. The number of furan rings is 1. The number of halogens is 1. The highest BCUT2D eigenvalue weighted by Gasteiger charge is 2.14. The van der Waals surface area contributed by atoms with Crippen LogP contribution in [0.3, 0.4) is 0 Å². The van der Waals surface area contributed by atoms with Crippen molar-refractivity contribution in [2.24, 2.45) is 5.73 Å². The first-order valence-corrected chi connectivity index (χ1v) is 4.40. The fourth-order valence-corrected chi connectivity index (χ4v) is 1.41. The van der Waals surface area contributed by atoms with Crippen molar-refractivity contribution in [1.29, 1.82) is 0 Å². The molecular weight excluding hydrogens is 202 g/mol. The third kappa shape index (κ3) is 1.62. The quantitative estimate of drug-likeness (QED) is 0.819. The highest BCUT2D eigenvalue weighted by Crippen LogP contribution is 2.26. The van der Waals surface area contributed by atoms with E-state index in [1.165, 1.54) is 12.6 Å². The first kappa shape index (κ1) is 9.18. The van der Waals surface area contributed by atoms with Crippen LogP contribution in [0.25, 0.3) is 0 Å². The molecule has 1 unspecified atom stereocenters. The van der Waals surface area contributed by atoms with Gasteiger partial charge in [0, 0.05) is 23.5 Å². The monoisotopic (exact) mass is 209 g/mol. The van der Waals surface area contributed by atoms with Crippen LogP contribution >= 0.6 is 11.6 Å². The second-order valence-corrected chi connectivity index (χ2v) is 3.14. The van der Waals surface area contributed by atoms with Crippen molar-refractivity contribution in [3.05, 3.63) is 47.4 Å². The Bertz CT molecular complexity index is 415. The van der Waals surface area contributed by atoms with Gasteiger partial charge in [0.25, 0.3) is 0 Å². The number of rotatable bonds is 2. The van der Waals surface area contributed by atoms with Gasteiger partial charge in [0.1, 0.15) is 6.33 Å². The van der Waals surface area contributed by atoms with Gasteiger partial charge in [-0.05, 0) is 17.7 Å². The van der Waals surface area contributed by atoms with E-state index in [1.807, 2.05) is 0 Å². The Morgan fingerprint density at radius 1 is 1.36 bits per heavy atom. The van der Waals surface area contributed by atoms with E-state index >= 15 is 0 Å². The summed E-state index contributed by atoms with van der Waals surface area (Å²) in [5.41, 5.74) is 7.48. The zero-order chi connectivity index (χ0) is 9.97. The zero-order valence-electron chi connectivity index (χ0n) is 7.22. The van der Waals surface area contributed by atoms with Crippen LogP contribution < -0.4 is 5.73 Å². The Morgan fingerprint density at radius 2 is 2.07 bits per heavy atom. The highest BCUT2D eigenvalue weighted by atomic mass is 35.5. The highest BCUT2D eigenvalue weighted by molar-refractivity contribution is 6.29. The van der Waals surface area contributed by atoms with E-state index in [9.17, 15) is 0 Å². The average Bonchev–Trinajstić information content (AvgIpc) is 2.65. The topological polar surface area (TPSA) is 64.9 Å². The molecular formula is C9H8ClN3O. The molecule has 0 spiro atoms. The van der Waals surface area contributed by atoms with Gasteiger partial charge in [-0.1, -0.05) is 0 Å². The maximum absolute atomic E-state index is 5.94. The van der Waals surface area contributed by atoms with Gasteiger partial charge in [-0.15, -0.1) is 0 Å². The minimum absolute atomic E-state index is 0.307. The number of aromatic nitrogens is 2. The fraction of sp³-hybridized carbons (Fsp3) is 0.111. The fourth-order valence-electron chi connectivity index (χ4n) is 1.18. The van der Waals surface area contributed by atoms with Crippen molar-refractivity contribution in [3.63, 3.8) is 0 Å². The van der Waals surface area contributed by atoms with Crippen LogP contribution in [-0.2, 0) is 0 Å². The van der Waals surface area contributed by atoms with Gasteiger partial charge in [-0.2, -0.15) is 0 Å². The molecule has 2 heterocycles. The summed E-state index contributed by atoms with van der Waals surface area (Å²) in [5, 5.41) is 0.307. The van der Waals surface area contributed by atoms with Crippen molar-refractivity contribution in [1.82, 2.24) is 9.97 Å². The van der Waals surface area contributed by atoms with E-state index in [0.29, 0.717) is 5.22 Å². The maximum atomic E-state index is 5.94. The molecule has 0 bridgehead atoms. The second kappa shape index (κ2) is 3.77. The van der Waals surface area contributed by atoms with E-state index in [2.05, 4.69) is 9.97 Å². The average molecular weight is 210 g/mol. The van der Waals surface area contributed by atoms with Crippen molar-refractivity contribution >= 4 is 11.6 Å². The van der Waals surface area contributed by atoms with E-state index < -0.39 is 0 Å².